The van der Waals surface area contributed by atoms with E-state index in [-0.39, 0.29) is 17.7 Å². The molecule has 0 fully saturated rings. The average Bonchev–Trinajstić information content (AvgIpc) is 2.84. The minimum atomic E-state index is -1.09. The smallest absolute Gasteiger partial charge is 0.262 e. The fourth-order valence-electron chi connectivity index (χ4n) is 2.24. The van der Waals surface area contributed by atoms with Gasteiger partial charge in [0.25, 0.3) is 5.56 Å². The van der Waals surface area contributed by atoms with E-state index in [4.69, 9.17) is 0 Å². The van der Waals surface area contributed by atoms with Gasteiger partial charge in [0.1, 0.15) is 10.6 Å². The lowest BCUT2D eigenvalue weighted by Crippen LogP contribution is -2.23. The zero-order valence-electron chi connectivity index (χ0n) is 11.3. The van der Waals surface area contributed by atoms with Crippen LogP contribution in [-0.2, 0) is 6.54 Å². The Balaban J connectivity index is 1.97. The third kappa shape index (κ3) is 2.59. The van der Waals surface area contributed by atoms with E-state index in [0.717, 1.165) is 4.88 Å². The predicted octanol–water partition coefficient (Wildman–Crippen LogP) is 2.64. The monoisotopic (exact) mass is 304 g/mol. The van der Waals surface area contributed by atoms with Gasteiger partial charge in [-0.15, -0.1) is 11.3 Å². The van der Waals surface area contributed by atoms with Gasteiger partial charge in [-0.3, -0.25) is 9.36 Å². The number of aliphatic hydroxyl groups is 1. The highest BCUT2D eigenvalue weighted by Crippen LogP contribution is 2.21. The Labute approximate surface area is 124 Å². The Bertz CT molecular complexity index is 856. The summed E-state index contributed by atoms with van der Waals surface area (Å²) in [6, 6.07) is 7.77. The van der Waals surface area contributed by atoms with Crippen molar-refractivity contribution in [3.05, 3.63) is 63.3 Å². The standard InChI is InChI=1S/C15H13FN2O2S/c1-9-6-11-14(21-9)17-8-18(15(11)20)7-13(19)10-4-2-3-5-12(10)16/h2-6,8,13,19H,7H2,1H3. The van der Waals surface area contributed by atoms with Crippen molar-refractivity contribution in [2.75, 3.05) is 0 Å². The topological polar surface area (TPSA) is 55.1 Å². The normalized spacial score (nSPS) is 12.7. The van der Waals surface area contributed by atoms with E-state index in [2.05, 4.69) is 4.98 Å². The molecule has 0 radical (unpaired) electrons. The fraction of sp³-hybridized carbons (Fsp3) is 0.200. The first-order valence-electron chi connectivity index (χ1n) is 6.44. The van der Waals surface area contributed by atoms with E-state index >= 15 is 0 Å². The molecule has 1 N–H and O–H groups in total. The van der Waals surface area contributed by atoms with Crippen molar-refractivity contribution in [1.82, 2.24) is 9.55 Å². The lowest BCUT2D eigenvalue weighted by atomic mass is 10.1. The van der Waals surface area contributed by atoms with E-state index in [9.17, 15) is 14.3 Å². The number of halogens is 1. The maximum absolute atomic E-state index is 13.6. The number of rotatable bonds is 3. The minimum Gasteiger partial charge on any atom is -0.386 e. The van der Waals surface area contributed by atoms with Gasteiger partial charge >= 0.3 is 0 Å². The van der Waals surface area contributed by atoms with Gasteiger partial charge in [0, 0.05) is 10.4 Å². The molecule has 0 aliphatic heterocycles. The number of nitrogens with zero attached hydrogens (tertiary/aromatic N) is 2. The third-order valence-electron chi connectivity index (χ3n) is 3.28. The summed E-state index contributed by atoms with van der Waals surface area (Å²) in [5.74, 6) is -0.488. The maximum atomic E-state index is 13.6. The molecule has 0 aliphatic rings. The molecular formula is C15H13FN2O2S. The first-order valence-corrected chi connectivity index (χ1v) is 7.26. The Morgan fingerprint density at radius 1 is 1.43 bits per heavy atom. The van der Waals surface area contributed by atoms with E-state index < -0.39 is 11.9 Å². The van der Waals surface area contributed by atoms with Crippen molar-refractivity contribution in [2.24, 2.45) is 0 Å². The molecule has 4 nitrogen and oxygen atoms in total. The summed E-state index contributed by atoms with van der Waals surface area (Å²) in [6.45, 7) is 1.88. The lowest BCUT2D eigenvalue weighted by molar-refractivity contribution is 0.150. The van der Waals surface area contributed by atoms with Gasteiger partial charge in [-0.05, 0) is 19.1 Å². The van der Waals surface area contributed by atoms with Gasteiger partial charge < -0.3 is 5.11 Å². The fourth-order valence-corrected chi connectivity index (χ4v) is 3.08. The van der Waals surface area contributed by atoms with Crippen LogP contribution in [0.5, 0.6) is 0 Å². The molecule has 1 unspecified atom stereocenters. The minimum absolute atomic E-state index is 0.0302. The third-order valence-corrected chi connectivity index (χ3v) is 4.23. The van der Waals surface area contributed by atoms with E-state index in [1.165, 1.54) is 34.4 Å². The number of fused-ring (bicyclic) bond motifs is 1. The van der Waals surface area contributed by atoms with Gasteiger partial charge in [0.2, 0.25) is 0 Å². The van der Waals surface area contributed by atoms with Gasteiger partial charge in [-0.25, -0.2) is 9.37 Å². The Morgan fingerprint density at radius 3 is 2.95 bits per heavy atom. The van der Waals surface area contributed by atoms with Gasteiger partial charge in [-0.1, -0.05) is 18.2 Å². The molecule has 108 valence electrons. The second-order valence-electron chi connectivity index (χ2n) is 4.82. The number of thiophene rings is 1. The average molecular weight is 304 g/mol. The highest BCUT2D eigenvalue weighted by atomic mass is 32.1. The number of benzene rings is 1. The molecule has 6 heteroatoms. The molecule has 0 saturated carbocycles. The summed E-state index contributed by atoms with van der Waals surface area (Å²) in [7, 11) is 0. The van der Waals surface area contributed by atoms with Gasteiger partial charge in [0.05, 0.1) is 24.4 Å². The summed E-state index contributed by atoms with van der Waals surface area (Å²) < 4.78 is 14.9. The van der Waals surface area contributed by atoms with Crippen LogP contribution in [0.4, 0.5) is 4.39 Å². The van der Waals surface area contributed by atoms with E-state index in [1.54, 1.807) is 18.2 Å². The molecule has 1 atom stereocenters. The van der Waals surface area contributed by atoms with Crippen LogP contribution < -0.4 is 5.56 Å². The molecule has 2 heterocycles. The van der Waals surface area contributed by atoms with Crippen LogP contribution in [0.15, 0.2) is 41.5 Å². The van der Waals surface area contributed by atoms with Crippen molar-refractivity contribution in [1.29, 1.82) is 0 Å². The van der Waals surface area contributed by atoms with Gasteiger partial charge in [-0.2, -0.15) is 0 Å². The summed E-state index contributed by atoms with van der Waals surface area (Å²) in [5.41, 5.74) is -0.0502. The van der Waals surface area contributed by atoms with Crippen LogP contribution in [0.1, 0.15) is 16.5 Å². The van der Waals surface area contributed by atoms with E-state index in [1.807, 2.05) is 6.92 Å². The maximum Gasteiger partial charge on any atom is 0.262 e. The summed E-state index contributed by atoms with van der Waals surface area (Å²) in [5, 5.41) is 10.7. The summed E-state index contributed by atoms with van der Waals surface area (Å²) in [4.78, 5) is 18.2. The molecular weight excluding hydrogens is 291 g/mol. The number of aromatic nitrogens is 2. The van der Waals surface area contributed by atoms with Crippen molar-refractivity contribution in [2.45, 2.75) is 19.6 Å². The highest BCUT2D eigenvalue weighted by molar-refractivity contribution is 7.18. The van der Waals surface area contributed by atoms with Crippen LogP contribution in [0.2, 0.25) is 0 Å². The first kappa shape index (κ1) is 13.9. The van der Waals surface area contributed by atoms with Crippen LogP contribution in [-0.4, -0.2) is 14.7 Å². The number of hydrogen-bond acceptors (Lipinski definition) is 4. The molecule has 0 amide bonds. The molecule has 3 aromatic rings. The predicted molar refractivity (Wildman–Crippen MR) is 80.0 cm³/mol. The van der Waals surface area contributed by atoms with Crippen molar-refractivity contribution < 1.29 is 9.50 Å². The number of aliphatic hydroxyl groups excluding tert-OH is 1. The number of hydrogen-bond donors (Lipinski definition) is 1. The van der Waals surface area contributed by atoms with Crippen LogP contribution in [0, 0.1) is 12.7 Å². The summed E-state index contributed by atoms with van der Waals surface area (Å²) >= 11 is 1.45. The Hall–Kier alpha value is -2.05. The molecule has 0 aliphatic carbocycles. The van der Waals surface area contributed by atoms with Crippen LogP contribution in [0.3, 0.4) is 0 Å². The second-order valence-corrected chi connectivity index (χ2v) is 6.05. The molecule has 0 saturated heterocycles. The van der Waals surface area contributed by atoms with Gasteiger partial charge in [0.15, 0.2) is 0 Å². The largest absolute Gasteiger partial charge is 0.386 e. The van der Waals surface area contributed by atoms with Crippen LogP contribution >= 0.6 is 11.3 Å². The van der Waals surface area contributed by atoms with Crippen LogP contribution in [0.25, 0.3) is 10.2 Å². The summed E-state index contributed by atoms with van der Waals surface area (Å²) in [6.07, 6.45) is 0.299. The molecule has 21 heavy (non-hydrogen) atoms. The number of aryl methyl sites for hydroxylation is 1. The molecule has 0 bridgehead atoms. The van der Waals surface area contributed by atoms with Crippen molar-refractivity contribution >= 4 is 21.6 Å². The lowest BCUT2D eigenvalue weighted by Gasteiger charge is -2.13. The van der Waals surface area contributed by atoms with Crippen molar-refractivity contribution in [3.8, 4) is 0 Å². The molecule has 0 spiro atoms. The zero-order valence-corrected chi connectivity index (χ0v) is 12.1. The quantitative estimate of drug-likeness (QED) is 0.809. The van der Waals surface area contributed by atoms with Crippen molar-refractivity contribution in [3.63, 3.8) is 0 Å². The molecule has 3 rings (SSSR count). The molecule has 1 aromatic carbocycles. The van der Waals surface area contributed by atoms with E-state index in [0.29, 0.717) is 10.2 Å². The highest BCUT2D eigenvalue weighted by Gasteiger charge is 2.15. The molecule has 2 aromatic heterocycles. The second kappa shape index (κ2) is 5.38. The first-order chi connectivity index (χ1) is 10.1. The Kier molecular flexibility index (Phi) is 3.57. The SMILES string of the molecule is Cc1cc2c(=O)n(CC(O)c3ccccc3F)cnc2s1. The Morgan fingerprint density at radius 2 is 2.19 bits per heavy atom. The zero-order chi connectivity index (χ0) is 15.0.